The molecule has 1 saturated carbocycles. The number of anilines is 1. The number of likely N-dealkylation sites (tertiary alicyclic amines) is 2. The summed E-state index contributed by atoms with van der Waals surface area (Å²) in [4.78, 5) is 84.8. The molecule has 10 rings (SSSR count). The first-order valence-electron chi connectivity index (χ1n) is 23.0. The topological polar surface area (TPSA) is 167 Å². The Balaban J connectivity index is 0.788. The van der Waals surface area contributed by atoms with Gasteiger partial charge >= 0.3 is 5.69 Å². The lowest BCUT2D eigenvalue weighted by atomic mass is 9.55. The Morgan fingerprint density at radius 2 is 1.62 bits per heavy atom. The Kier molecular flexibility index (Phi) is 11.4. The molecule has 4 aromatic rings. The van der Waals surface area contributed by atoms with E-state index < -0.39 is 40.7 Å². The molecule has 0 bridgehead atoms. The number of carbonyl (C=O) groups excluding carboxylic acids is 5. The molecule has 5 amide bonds. The highest BCUT2D eigenvalue weighted by Gasteiger charge is 2.72. The van der Waals surface area contributed by atoms with Crippen molar-refractivity contribution in [2.24, 2.45) is 7.05 Å². The van der Waals surface area contributed by atoms with Gasteiger partial charge in [0.25, 0.3) is 0 Å². The molecule has 1 aromatic heterocycles. The number of aryl methyl sites for hydroxylation is 1. The van der Waals surface area contributed by atoms with E-state index in [0.717, 1.165) is 43.2 Å². The summed E-state index contributed by atoms with van der Waals surface area (Å²) in [5.41, 5.74) is 1.51. The van der Waals surface area contributed by atoms with E-state index in [2.05, 4.69) is 26.2 Å². The fourth-order valence-corrected chi connectivity index (χ4v) is 12.7. The van der Waals surface area contributed by atoms with Crippen molar-refractivity contribution in [3.8, 4) is 0 Å². The number of imide groups is 1. The number of nitrogens with one attached hydrogen (secondary N) is 4. The van der Waals surface area contributed by atoms with Gasteiger partial charge in [-0.3, -0.25) is 48.6 Å². The largest absolute Gasteiger partial charge is 0.352 e. The second kappa shape index (κ2) is 17.0. The fraction of sp³-hybridized carbons (Fsp3) is 0.500. The molecule has 1 aliphatic carbocycles. The van der Waals surface area contributed by atoms with Crippen LogP contribution < -0.4 is 27.0 Å². The Morgan fingerprint density at radius 1 is 0.862 bits per heavy atom. The van der Waals surface area contributed by atoms with Crippen LogP contribution in [0.1, 0.15) is 105 Å². The smallest absolute Gasteiger partial charge is 0.329 e. The molecule has 14 nitrogen and oxygen atoms in total. The number of imidazole rings is 1. The molecule has 4 saturated heterocycles. The van der Waals surface area contributed by atoms with Crippen LogP contribution in [-0.4, -0.2) is 98.8 Å². The zero-order chi connectivity index (χ0) is 45.4. The van der Waals surface area contributed by atoms with Gasteiger partial charge in [-0.1, -0.05) is 66.7 Å². The van der Waals surface area contributed by atoms with Crippen molar-refractivity contribution >= 4 is 69.5 Å². The van der Waals surface area contributed by atoms with E-state index in [1.54, 1.807) is 35.9 Å². The summed E-state index contributed by atoms with van der Waals surface area (Å²) in [6.45, 7) is 2.70. The second-order valence-corrected chi connectivity index (χ2v) is 19.8. The molecule has 4 atom stereocenters. The minimum Gasteiger partial charge on any atom is -0.352 e. The molecule has 6 aliphatic rings. The maximum atomic E-state index is 16.3. The van der Waals surface area contributed by atoms with Gasteiger partial charge in [-0.15, -0.1) is 0 Å². The lowest BCUT2D eigenvalue weighted by molar-refractivity contribution is -0.136. The first-order chi connectivity index (χ1) is 31.3. The predicted molar refractivity (Wildman–Crippen MR) is 243 cm³/mol. The quantitative estimate of drug-likeness (QED) is 0.179. The van der Waals surface area contributed by atoms with Crippen molar-refractivity contribution < 1.29 is 28.4 Å². The predicted octanol–water partition coefficient (Wildman–Crippen LogP) is 5.40. The maximum Gasteiger partial charge on any atom is 0.329 e. The molecule has 6 heterocycles. The first-order valence-corrected chi connectivity index (χ1v) is 23.7. The minimum absolute atomic E-state index is 0.0612. The highest BCUT2D eigenvalue weighted by Crippen LogP contribution is 2.63. The summed E-state index contributed by atoms with van der Waals surface area (Å²) in [6, 6.07) is 14.1. The van der Waals surface area contributed by atoms with Crippen molar-refractivity contribution in [3.05, 3.63) is 97.6 Å². The number of fused-ring (bicyclic) bond motifs is 4. The Morgan fingerprint density at radius 3 is 2.35 bits per heavy atom. The third kappa shape index (κ3) is 7.28. The van der Waals surface area contributed by atoms with Crippen molar-refractivity contribution in [1.29, 1.82) is 0 Å². The van der Waals surface area contributed by atoms with Gasteiger partial charge in [-0.05, 0) is 97.9 Å². The number of benzene rings is 3. The average Bonchev–Trinajstić information content (AvgIpc) is 3.85. The summed E-state index contributed by atoms with van der Waals surface area (Å²) in [7, 11) is 1.69. The summed E-state index contributed by atoms with van der Waals surface area (Å²) < 4.78 is 19.4. The monoisotopic (exact) mass is 926 g/mol. The van der Waals surface area contributed by atoms with Crippen LogP contribution in [0.5, 0.6) is 0 Å². The highest BCUT2D eigenvalue weighted by atomic mass is 35.5. The highest BCUT2D eigenvalue weighted by molar-refractivity contribution is 6.31. The van der Waals surface area contributed by atoms with Crippen molar-refractivity contribution in [2.45, 2.75) is 112 Å². The maximum absolute atomic E-state index is 16.3. The third-order valence-corrected chi connectivity index (χ3v) is 16.1. The lowest BCUT2D eigenvalue weighted by Gasteiger charge is -2.47. The second-order valence-electron chi connectivity index (χ2n) is 19.0. The SMILES string of the molecule is Cn1c(=O)n(C2CCC(=O)NC2=O)c2ccc(C3CCN(C(=O)CN4CCC(NC(=O)[C@@H]5NC6(CCCCC6)[C@@]6(C(=O)Nc7cc(Cl)ccc76)[C@H]5c5cccc(Cl)c5F)CC4)CC3)cc21. The lowest BCUT2D eigenvalue weighted by Crippen LogP contribution is -2.60. The zero-order valence-electron chi connectivity index (χ0n) is 36.3. The van der Waals surface area contributed by atoms with Crippen LogP contribution in [0.3, 0.4) is 0 Å². The van der Waals surface area contributed by atoms with Crippen molar-refractivity contribution in [1.82, 2.24) is 34.9 Å². The molecule has 17 heteroatoms. The van der Waals surface area contributed by atoms with E-state index in [0.29, 0.717) is 73.7 Å². The molecular weight excluding hydrogens is 874 g/mol. The molecule has 5 fully saturated rings. The number of halogens is 3. The van der Waals surface area contributed by atoms with Gasteiger partial charge in [-0.2, -0.15) is 0 Å². The van der Waals surface area contributed by atoms with Crippen LogP contribution in [0.4, 0.5) is 10.1 Å². The number of hydrogen-bond acceptors (Lipinski definition) is 8. The van der Waals surface area contributed by atoms with Gasteiger partial charge in [0.1, 0.15) is 17.3 Å². The summed E-state index contributed by atoms with van der Waals surface area (Å²) in [5.74, 6) is -2.66. The molecule has 3 aromatic carbocycles. The van der Waals surface area contributed by atoms with Crippen LogP contribution in [0, 0.1) is 5.82 Å². The van der Waals surface area contributed by atoms with Gasteiger partial charge in [0.05, 0.1) is 28.6 Å². The van der Waals surface area contributed by atoms with Crippen molar-refractivity contribution in [2.75, 3.05) is 38.0 Å². The Hall–Kier alpha value is -5.09. The normalized spacial score (nSPS) is 26.2. The molecule has 1 unspecified atom stereocenters. The fourth-order valence-electron chi connectivity index (χ4n) is 12.4. The van der Waals surface area contributed by atoms with E-state index >= 15 is 4.39 Å². The van der Waals surface area contributed by atoms with Crippen LogP contribution in [0.15, 0.2) is 59.4 Å². The number of nitrogens with zero attached hydrogens (tertiary/aromatic N) is 4. The standard InChI is InChI=1S/C48H53Cl2FN8O6/c1-56-37-24-28(8-11-35(37)59(46(56)65)36-12-13-38(60)54-43(36)62)27-14-22-58(23-15-27)39(61)26-57-20-16-30(17-21-57)52-44(63)42-40(31-6-5-7-33(50)41(31)51)48(47(55-42)18-3-2-4-19-47)32-10-9-29(49)25-34(32)53-45(48)64/h5-11,24-25,27,30,36,40,42,55H,2-4,12-23,26H2,1H3,(H,52,63)(H,53,64)(H,54,60,62)/t36?,40-,42+,48+/m0/s1. The third-order valence-electron chi connectivity index (χ3n) is 15.6. The summed E-state index contributed by atoms with van der Waals surface area (Å²) in [6.07, 6.45) is 7.20. The zero-order valence-corrected chi connectivity index (χ0v) is 37.8. The van der Waals surface area contributed by atoms with E-state index in [1.807, 2.05) is 29.2 Å². The summed E-state index contributed by atoms with van der Waals surface area (Å²) in [5, 5.41) is 12.8. The molecular formula is C48H53Cl2FN8O6. The number of hydrogen-bond donors (Lipinski definition) is 4. The number of aromatic nitrogens is 2. The van der Waals surface area contributed by atoms with Crippen LogP contribution in [0.2, 0.25) is 10.0 Å². The van der Waals surface area contributed by atoms with E-state index in [9.17, 15) is 28.8 Å². The van der Waals surface area contributed by atoms with Gasteiger partial charge in [0.15, 0.2) is 0 Å². The number of amides is 5. The average molecular weight is 928 g/mol. The first kappa shape index (κ1) is 43.8. The van der Waals surface area contributed by atoms with Gasteiger partial charge in [0.2, 0.25) is 29.5 Å². The molecule has 0 radical (unpaired) electrons. The summed E-state index contributed by atoms with van der Waals surface area (Å²) >= 11 is 12.8. The van der Waals surface area contributed by atoms with Gasteiger partial charge in [0, 0.05) is 67.9 Å². The van der Waals surface area contributed by atoms with Gasteiger partial charge in [-0.25, -0.2) is 9.18 Å². The number of carbonyl (C=O) groups is 5. The molecule has 5 aliphatic heterocycles. The minimum atomic E-state index is -1.31. The molecule has 342 valence electrons. The van der Waals surface area contributed by atoms with E-state index in [4.69, 9.17) is 23.2 Å². The van der Waals surface area contributed by atoms with Gasteiger partial charge < -0.3 is 15.5 Å². The Bertz CT molecular complexity index is 2680. The van der Waals surface area contributed by atoms with Crippen LogP contribution in [-0.2, 0) is 36.4 Å². The van der Waals surface area contributed by atoms with Crippen LogP contribution >= 0.6 is 23.2 Å². The Labute approximate surface area is 385 Å². The molecule has 65 heavy (non-hydrogen) atoms. The number of rotatable bonds is 7. The number of piperidine rings is 3. The molecule has 2 spiro atoms. The van der Waals surface area contributed by atoms with E-state index in [-0.39, 0.29) is 71.3 Å². The van der Waals surface area contributed by atoms with E-state index in [1.165, 1.54) is 10.6 Å². The molecule has 4 N–H and O–H groups in total. The van der Waals surface area contributed by atoms with Crippen molar-refractivity contribution in [3.63, 3.8) is 0 Å². The van der Waals surface area contributed by atoms with Crippen LogP contribution in [0.25, 0.3) is 11.0 Å².